The molecule has 5 heteroatoms. The molecule has 0 atom stereocenters. The molecule has 0 bridgehead atoms. The number of hydrogen-bond donors (Lipinski definition) is 1. The van der Waals surface area contributed by atoms with E-state index in [1.807, 2.05) is 62.4 Å². The van der Waals surface area contributed by atoms with Crippen LogP contribution in [-0.2, 0) is 4.74 Å². The van der Waals surface area contributed by atoms with Crippen molar-refractivity contribution >= 4 is 17.4 Å². The van der Waals surface area contributed by atoms with E-state index in [4.69, 9.17) is 4.74 Å². The molecule has 0 aliphatic heterocycles. The highest BCUT2D eigenvalue weighted by Crippen LogP contribution is 2.07. The molecule has 0 saturated heterocycles. The maximum atomic E-state index is 12.0. The first-order valence-electron chi connectivity index (χ1n) is 11.3. The fraction of sp³-hybridized carbons (Fsp3) is 0.321. The summed E-state index contributed by atoms with van der Waals surface area (Å²) in [7, 11) is 1.55. The largest absolute Gasteiger partial charge is 0.481 e. The van der Waals surface area contributed by atoms with Crippen LogP contribution in [0.2, 0.25) is 0 Å². The number of hydrogen-bond acceptors (Lipinski definition) is 4. The van der Waals surface area contributed by atoms with Crippen molar-refractivity contribution in [3.05, 3.63) is 96.0 Å². The van der Waals surface area contributed by atoms with Gasteiger partial charge in [0, 0.05) is 35.0 Å². The molecule has 5 nitrogen and oxygen atoms in total. The number of allylic oxidation sites excluding steroid dienone is 1. The van der Waals surface area contributed by atoms with Gasteiger partial charge in [0.1, 0.15) is 0 Å². The summed E-state index contributed by atoms with van der Waals surface area (Å²) in [6.07, 6.45) is 6.35. The summed E-state index contributed by atoms with van der Waals surface area (Å²) in [4.78, 5) is 27.7. The number of benzene rings is 2. The molecule has 0 saturated carbocycles. The van der Waals surface area contributed by atoms with Crippen LogP contribution < -0.4 is 5.32 Å². The third kappa shape index (κ3) is 11.6. The lowest BCUT2D eigenvalue weighted by atomic mass is 10.1. The van der Waals surface area contributed by atoms with E-state index in [-0.39, 0.29) is 11.7 Å². The Bertz CT molecular complexity index is 932. The Kier molecular flexibility index (Phi) is 13.5. The number of carbonyl (C=O) groups excluding carboxylic acids is 2. The number of methoxy groups -OCH3 is 1. The van der Waals surface area contributed by atoms with Gasteiger partial charge in [-0.25, -0.2) is 4.99 Å². The van der Waals surface area contributed by atoms with E-state index in [9.17, 15) is 9.59 Å². The Morgan fingerprint density at radius 3 is 2.03 bits per heavy atom. The molecule has 0 fully saturated rings. The lowest BCUT2D eigenvalue weighted by Gasteiger charge is -2.07. The fourth-order valence-electron chi connectivity index (χ4n) is 2.80. The molecule has 1 N–H and O–H groups in total. The summed E-state index contributed by atoms with van der Waals surface area (Å²) in [6.45, 7) is 9.94. The van der Waals surface area contributed by atoms with Gasteiger partial charge >= 0.3 is 0 Å². The van der Waals surface area contributed by atoms with Gasteiger partial charge in [0.15, 0.2) is 5.78 Å². The van der Waals surface area contributed by atoms with Crippen molar-refractivity contribution < 1.29 is 14.3 Å². The third-order valence-corrected chi connectivity index (χ3v) is 4.58. The number of nitrogens with zero attached hydrogens (tertiary/aromatic N) is 1. The van der Waals surface area contributed by atoms with E-state index in [0.29, 0.717) is 23.6 Å². The summed E-state index contributed by atoms with van der Waals surface area (Å²) >= 11 is 0. The molecule has 0 heterocycles. The Labute approximate surface area is 198 Å². The standard InChI is InChI=1S/C18H24N2O2.C10H12O/c1-5-6-10-14(2)19-17(22-4)13-15(3)20-18(21)16-11-8-7-9-12-16;1-2-6-10(11)9-7-4-3-5-8-9/h7-9,11-13H,3,5-6,10H2,1-2,4H3,(H,20,21);3-5,7-8H,2,6H2,1H3/b17-13+,19-14-;. The van der Waals surface area contributed by atoms with Crippen molar-refractivity contribution in [3.63, 3.8) is 0 Å². The highest BCUT2D eigenvalue weighted by Gasteiger charge is 2.06. The number of nitrogens with one attached hydrogen (secondary N) is 1. The molecule has 0 aromatic heterocycles. The second-order valence-corrected chi connectivity index (χ2v) is 7.52. The van der Waals surface area contributed by atoms with Crippen LogP contribution in [0.25, 0.3) is 0 Å². The summed E-state index contributed by atoms with van der Waals surface area (Å²) < 4.78 is 5.22. The van der Waals surface area contributed by atoms with Crippen molar-refractivity contribution in [3.8, 4) is 0 Å². The zero-order valence-electron chi connectivity index (χ0n) is 20.3. The topological polar surface area (TPSA) is 67.8 Å². The minimum absolute atomic E-state index is 0.205. The van der Waals surface area contributed by atoms with Crippen LogP contribution in [0.15, 0.2) is 89.9 Å². The summed E-state index contributed by atoms with van der Waals surface area (Å²) in [5.41, 5.74) is 2.85. The molecule has 2 aromatic rings. The SMILES string of the molecule is C=C(/C=C(\N=C(\C)CCCC)OC)NC(=O)c1ccccc1.CCCC(=O)c1ccccc1. The van der Waals surface area contributed by atoms with Gasteiger partial charge in [-0.05, 0) is 38.3 Å². The van der Waals surface area contributed by atoms with Crippen LogP contribution in [0.4, 0.5) is 0 Å². The number of aliphatic imine (C=N–C) groups is 1. The predicted molar refractivity (Wildman–Crippen MR) is 136 cm³/mol. The maximum Gasteiger partial charge on any atom is 0.255 e. The Morgan fingerprint density at radius 1 is 0.939 bits per heavy atom. The van der Waals surface area contributed by atoms with Crippen LogP contribution >= 0.6 is 0 Å². The van der Waals surface area contributed by atoms with Gasteiger partial charge < -0.3 is 10.1 Å². The number of ether oxygens (including phenoxy) is 1. The number of ketones is 1. The zero-order valence-corrected chi connectivity index (χ0v) is 20.3. The normalized spacial score (nSPS) is 11.2. The summed E-state index contributed by atoms with van der Waals surface area (Å²) in [5.74, 6) is 0.476. The predicted octanol–water partition coefficient (Wildman–Crippen LogP) is 6.74. The smallest absolute Gasteiger partial charge is 0.255 e. The molecular formula is C28H36N2O3. The Hall–Kier alpha value is -3.47. The van der Waals surface area contributed by atoms with Crippen molar-refractivity contribution in [2.75, 3.05) is 7.11 Å². The van der Waals surface area contributed by atoms with E-state index < -0.39 is 0 Å². The molecule has 33 heavy (non-hydrogen) atoms. The lowest BCUT2D eigenvalue weighted by molar-refractivity contribution is 0.0963. The molecule has 0 aliphatic carbocycles. The summed E-state index contributed by atoms with van der Waals surface area (Å²) in [6, 6.07) is 18.4. The van der Waals surface area contributed by atoms with Crippen molar-refractivity contribution in [2.45, 2.75) is 52.9 Å². The zero-order chi connectivity index (χ0) is 24.5. The van der Waals surface area contributed by atoms with Crippen molar-refractivity contribution in [1.29, 1.82) is 0 Å². The Morgan fingerprint density at radius 2 is 1.52 bits per heavy atom. The van der Waals surface area contributed by atoms with Gasteiger partial charge in [0.25, 0.3) is 5.91 Å². The number of carbonyl (C=O) groups is 2. The quantitative estimate of drug-likeness (QED) is 0.179. The van der Waals surface area contributed by atoms with Gasteiger partial charge in [-0.2, -0.15) is 0 Å². The fourth-order valence-corrected chi connectivity index (χ4v) is 2.80. The highest BCUT2D eigenvalue weighted by atomic mass is 16.5. The first-order valence-corrected chi connectivity index (χ1v) is 11.3. The Balaban J connectivity index is 0.000000412. The van der Waals surface area contributed by atoms with Gasteiger partial charge in [0.05, 0.1) is 7.11 Å². The first kappa shape index (κ1) is 27.6. The van der Waals surface area contributed by atoms with Gasteiger partial charge in [-0.3, -0.25) is 9.59 Å². The van der Waals surface area contributed by atoms with E-state index in [0.717, 1.165) is 37.0 Å². The van der Waals surface area contributed by atoms with E-state index in [2.05, 4.69) is 23.8 Å². The molecular weight excluding hydrogens is 412 g/mol. The monoisotopic (exact) mass is 448 g/mol. The van der Waals surface area contributed by atoms with Crippen LogP contribution in [0.3, 0.4) is 0 Å². The molecule has 1 amide bonds. The van der Waals surface area contributed by atoms with E-state index in [1.54, 1.807) is 25.3 Å². The molecule has 0 unspecified atom stereocenters. The second-order valence-electron chi connectivity index (χ2n) is 7.52. The first-order chi connectivity index (χ1) is 15.9. The number of amides is 1. The van der Waals surface area contributed by atoms with Gasteiger partial charge in [-0.1, -0.05) is 75.4 Å². The number of rotatable bonds is 11. The van der Waals surface area contributed by atoms with Crippen LogP contribution in [-0.4, -0.2) is 24.5 Å². The average molecular weight is 449 g/mol. The molecule has 0 spiro atoms. The molecule has 2 rings (SSSR count). The van der Waals surface area contributed by atoms with E-state index >= 15 is 0 Å². The van der Waals surface area contributed by atoms with Crippen LogP contribution in [0.5, 0.6) is 0 Å². The minimum atomic E-state index is -0.205. The second kappa shape index (κ2) is 16.2. The third-order valence-electron chi connectivity index (χ3n) is 4.58. The van der Waals surface area contributed by atoms with Gasteiger partial charge in [0.2, 0.25) is 5.88 Å². The van der Waals surface area contributed by atoms with Crippen molar-refractivity contribution in [2.24, 2.45) is 4.99 Å². The lowest BCUT2D eigenvalue weighted by Crippen LogP contribution is -2.21. The van der Waals surface area contributed by atoms with Crippen LogP contribution in [0.1, 0.15) is 73.6 Å². The molecule has 0 radical (unpaired) electrons. The number of Topliss-reactive ketones (excluding diaryl/α,β-unsaturated/α-hetero) is 1. The molecule has 2 aromatic carbocycles. The molecule has 0 aliphatic rings. The van der Waals surface area contributed by atoms with Crippen LogP contribution in [0, 0.1) is 0 Å². The number of unbranched alkanes of at least 4 members (excludes halogenated alkanes) is 1. The maximum absolute atomic E-state index is 12.0. The average Bonchev–Trinajstić information content (AvgIpc) is 2.84. The van der Waals surface area contributed by atoms with Gasteiger partial charge in [-0.15, -0.1) is 0 Å². The summed E-state index contributed by atoms with van der Waals surface area (Å²) in [5, 5.41) is 2.72. The van der Waals surface area contributed by atoms with Crippen molar-refractivity contribution in [1.82, 2.24) is 5.32 Å². The molecule has 176 valence electrons. The minimum Gasteiger partial charge on any atom is -0.481 e. The van der Waals surface area contributed by atoms with E-state index in [1.165, 1.54) is 0 Å². The highest BCUT2D eigenvalue weighted by molar-refractivity contribution is 5.96.